The molecule has 0 saturated heterocycles. The number of anilines is 3. The van der Waals surface area contributed by atoms with Crippen LogP contribution in [0.4, 0.5) is 22.0 Å². The molecule has 4 N–H and O–H groups in total. The first-order valence-corrected chi connectivity index (χ1v) is 5.59. The van der Waals surface area contributed by atoms with Gasteiger partial charge in [0.05, 0.1) is 19.0 Å². The first-order chi connectivity index (χ1) is 9.10. The molecule has 1 aromatic heterocycles. The number of nitrogens with two attached hydrogens (primary N) is 1. The lowest BCUT2D eigenvalue weighted by atomic mass is 10.3. The van der Waals surface area contributed by atoms with E-state index in [2.05, 4.69) is 15.7 Å². The number of nitrogens with one attached hydrogen (secondary N) is 2. The van der Waals surface area contributed by atoms with Crippen molar-refractivity contribution in [2.24, 2.45) is 7.05 Å². The zero-order chi connectivity index (χ0) is 13.8. The first kappa shape index (κ1) is 12.7. The van der Waals surface area contributed by atoms with Gasteiger partial charge < -0.3 is 15.8 Å². The van der Waals surface area contributed by atoms with Gasteiger partial charge in [-0.2, -0.15) is 5.10 Å². The van der Waals surface area contributed by atoms with Crippen molar-refractivity contribution in [1.82, 2.24) is 9.78 Å². The molecular weight excluding hydrogens is 246 g/mol. The van der Waals surface area contributed by atoms with Gasteiger partial charge in [0.1, 0.15) is 5.75 Å². The molecule has 2 aromatic rings. The minimum atomic E-state index is -0.388. The Kier molecular flexibility index (Phi) is 3.56. The molecule has 0 bridgehead atoms. The number of amides is 2. The molecule has 1 heterocycles. The molecule has 0 unspecified atom stereocenters. The third-order valence-electron chi connectivity index (χ3n) is 2.55. The number of hydrogen-bond acceptors (Lipinski definition) is 4. The maximum Gasteiger partial charge on any atom is 0.324 e. The van der Waals surface area contributed by atoms with Gasteiger partial charge in [0.15, 0.2) is 5.82 Å². The highest BCUT2D eigenvalue weighted by Crippen LogP contribution is 2.17. The van der Waals surface area contributed by atoms with Gasteiger partial charge in [-0.15, -0.1) is 0 Å². The lowest BCUT2D eigenvalue weighted by Gasteiger charge is -2.09. The molecular formula is C12H15N5O2. The maximum absolute atomic E-state index is 11.8. The molecule has 0 saturated carbocycles. The number of aromatic nitrogens is 2. The van der Waals surface area contributed by atoms with Crippen LogP contribution < -0.4 is 21.1 Å². The fourth-order valence-corrected chi connectivity index (χ4v) is 1.55. The second-order valence-corrected chi connectivity index (χ2v) is 3.88. The van der Waals surface area contributed by atoms with E-state index >= 15 is 0 Å². The number of aryl methyl sites for hydroxylation is 1. The summed E-state index contributed by atoms with van der Waals surface area (Å²) in [6, 6.07) is 6.61. The molecule has 0 radical (unpaired) electrons. The van der Waals surface area contributed by atoms with Crippen LogP contribution >= 0.6 is 0 Å². The van der Waals surface area contributed by atoms with E-state index in [0.29, 0.717) is 17.2 Å². The number of ether oxygens (including phenoxy) is 1. The van der Waals surface area contributed by atoms with E-state index in [1.54, 1.807) is 38.4 Å². The molecule has 0 aliphatic rings. The molecule has 1 aromatic carbocycles. The number of rotatable bonds is 3. The molecule has 0 spiro atoms. The average molecular weight is 261 g/mol. The Balaban J connectivity index is 2.01. The molecule has 0 aliphatic heterocycles. The maximum atomic E-state index is 11.8. The quantitative estimate of drug-likeness (QED) is 0.783. The lowest BCUT2D eigenvalue weighted by Crippen LogP contribution is -2.21. The topological polar surface area (TPSA) is 94.2 Å². The summed E-state index contributed by atoms with van der Waals surface area (Å²) in [6.07, 6.45) is 1.48. The number of nitrogens with zero attached hydrogens (tertiary/aromatic N) is 2. The van der Waals surface area contributed by atoms with Crippen LogP contribution in [-0.2, 0) is 7.05 Å². The van der Waals surface area contributed by atoms with E-state index in [9.17, 15) is 4.79 Å². The molecule has 0 fully saturated rings. The van der Waals surface area contributed by atoms with Crippen LogP contribution in [0, 0.1) is 0 Å². The van der Waals surface area contributed by atoms with E-state index in [1.165, 1.54) is 10.9 Å². The van der Waals surface area contributed by atoms with E-state index in [0.717, 1.165) is 5.75 Å². The average Bonchev–Trinajstić information content (AvgIpc) is 2.71. The number of methoxy groups -OCH3 is 1. The molecule has 0 aliphatic carbocycles. The smallest absolute Gasteiger partial charge is 0.324 e. The second kappa shape index (κ2) is 5.30. The summed E-state index contributed by atoms with van der Waals surface area (Å²) in [7, 11) is 3.28. The Bertz CT molecular complexity index is 557. The van der Waals surface area contributed by atoms with Gasteiger partial charge in [0.2, 0.25) is 0 Å². The fraction of sp³-hybridized carbons (Fsp3) is 0.167. The number of hydrogen-bond donors (Lipinski definition) is 3. The SMILES string of the molecule is COc1ccc(NC(=O)Nc2c(N)cnn2C)cc1. The van der Waals surface area contributed by atoms with Gasteiger partial charge in [-0.25, -0.2) is 4.79 Å². The van der Waals surface area contributed by atoms with E-state index in [-0.39, 0.29) is 6.03 Å². The minimum Gasteiger partial charge on any atom is -0.497 e. The van der Waals surface area contributed by atoms with E-state index in [4.69, 9.17) is 10.5 Å². The second-order valence-electron chi connectivity index (χ2n) is 3.88. The monoisotopic (exact) mass is 261 g/mol. The third-order valence-corrected chi connectivity index (χ3v) is 2.55. The summed E-state index contributed by atoms with van der Waals surface area (Å²) in [6.45, 7) is 0. The van der Waals surface area contributed by atoms with Gasteiger partial charge in [-0.3, -0.25) is 10.00 Å². The highest BCUT2D eigenvalue weighted by atomic mass is 16.5. The highest BCUT2D eigenvalue weighted by molar-refractivity contribution is 6.00. The summed E-state index contributed by atoms with van der Waals surface area (Å²) >= 11 is 0. The zero-order valence-corrected chi connectivity index (χ0v) is 10.7. The Morgan fingerprint density at radius 1 is 1.32 bits per heavy atom. The van der Waals surface area contributed by atoms with Crippen LogP contribution in [0.2, 0.25) is 0 Å². The molecule has 7 nitrogen and oxygen atoms in total. The summed E-state index contributed by atoms with van der Waals surface area (Å²) in [5.41, 5.74) is 6.74. The number of benzene rings is 1. The van der Waals surface area contributed by atoms with Crippen molar-refractivity contribution in [3.8, 4) is 5.75 Å². The van der Waals surface area contributed by atoms with Crippen molar-refractivity contribution in [3.05, 3.63) is 30.5 Å². The zero-order valence-electron chi connectivity index (χ0n) is 10.7. The Morgan fingerprint density at radius 3 is 2.53 bits per heavy atom. The lowest BCUT2D eigenvalue weighted by molar-refractivity contribution is 0.262. The number of carbonyl (C=O) groups excluding carboxylic acids is 1. The predicted octanol–water partition coefficient (Wildman–Crippen LogP) is 1.65. The van der Waals surface area contributed by atoms with Gasteiger partial charge in [-0.1, -0.05) is 0 Å². The van der Waals surface area contributed by atoms with Crippen molar-refractivity contribution < 1.29 is 9.53 Å². The van der Waals surface area contributed by atoms with Crippen molar-refractivity contribution >= 4 is 23.2 Å². The molecule has 100 valence electrons. The Morgan fingerprint density at radius 2 is 2.00 bits per heavy atom. The number of carbonyl (C=O) groups is 1. The number of urea groups is 1. The fourth-order valence-electron chi connectivity index (χ4n) is 1.55. The molecule has 19 heavy (non-hydrogen) atoms. The molecule has 2 amide bonds. The van der Waals surface area contributed by atoms with Crippen LogP contribution in [-0.4, -0.2) is 22.9 Å². The standard InChI is InChI=1S/C12H15N5O2/c1-17-11(10(13)7-14-17)16-12(18)15-8-3-5-9(19-2)6-4-8/h3-7H,13H2,1-2H3,(H2,15,16,18). The van der Waals surface area contributed by atoms with Crippen LogP contribution in [0.25, 0.3) is 0 Å². The van der Waals surface area contributed by atoms with Crippen LogP contribution in [0.15, 0.2) is 30.5 Å². The van der Waals surface area contributed by atoms with E-state index in [1.807, 2.05) is 0 Å². The Labute approximate surface area is 110 Å². The molecule has 7 heteroatoms. The first-order valence-electron chi connectivity index (χ1n) is 5.59. The van der Waals surface area contributed by atoms with Crippen LogP contribution in [0.3, 0.4) is 0 Å². The van der Waals surface area contributed by atoms with Crippen molar-refractivity contribution in [2.75, 3.05) is 23.5 Å². The Hall–Kier alpha value is -2.70. The summed E-state index contributed by atoms with van der Waals surface area (Å²) in [5.74, 6) is 1.17. The third kappa shape index (κ3) is 2.95. The van der Waals surface area contributed by atoms with Gasteiger partial charge in [0, 0.05) is 12.7 Å². The van der Waals surface area contributed by atoms with E-state index < -0.39 is 0 Å². The minimum absolute atomic E-state index is 0.388. The van der Waals surface area contributed by atoms with Gasteiger partial charge in [-0.05, 0) is 24.3 Å². The predicted molar refractivity (Wildman–Crippen MR) is 73.3 cm³/mol. The molecule has 0 atom stereocenters. The van der Waals surface area contributed by atoms with Gasteiger partial charge in [0.25, 0.3) is 0 Å². The summed E-state index contributed by atoms with van der Waals surface area (Å²) < 4.78 is 6.52. The van der Waals surface area contributed by atoms with Gasteiger partial charge >= 0.3 is 6.03 Å². The largest absolute Gasteiger partial charge is 0.497 e. The summed E-state index contributed by atoms with van der Waals surface area (Å²) in [4.78, 5) is 11.8. The van der Waals surface area contributed by atoms with Crippen LogP contribution in [0.1, 0.15) is 0 Å². The van der Waals surface area contributed by atoms with Crippen LogP contribution in [0.5, 0.6) is 5.75 Å². The highest BCUT2D eigenvalue weighted by Gasteiger charge is 2.09. The molecule has 2 rings (SSSR count). The van der Waals surface area contributed by atoms with Crippen molar-refractivity contribution in [1.29, 1.82) is 0 Å². The van der Waals surface area contributed by atoms with Crippen molar-refractivity contribution in [3.63, 3.8) is 0 Å². The summed E-state index contributed by atoms with van der Waals surface area (Å²) in [5, 5.41) is 9.24. The van der Waals surface area contributed by atoms with Crippen molar-refractivity contribution in [2.45, 2.75) is 0 Å². The normalized spacial score (nSPS) is 10.0. The number of nitrogen functional groups attached to an aromatic ring is 1.